The highest BCUT2D eigenvalue weighted by Gasteiger charge is 2.09. The van der Waals surface area contributed by atoms with Gasteiger partial charge >= 0.3 is 5.97 Å². The first-order chi connectivity index (χ1) is 15.5. The molecule has 32 heavy (non-hydrogen) atoms. The zero-order valence-electron chi connectivity index (χ0n) is 17.9. The van der Waals surface area contributed by atoms with Crippen molar-refractivity contribution in [2.45, 2.75) is 13.8 Å². The molecule has 3 aromatic carbocycles. The van der Waals surface area contributed by atoms with Crippen LogP contribution in [0.2, 0.25) is 0 Å². The van der Waals surface area contributed by atoms with E-state index in [0.717, 1.165) is 11.1 Å². The Balaban J connectivity index is 1.45. The van der Waals surface area contributed by atoms with Crippen molar-refractivity contribution in [1.29, 1.82) is 0 Å². The van der Waals surface area contributed by atoms with Crippen LogP contribution in [-0.4, -0.2) is 31.3 Å². The highest BCUT2D eigenvalue weighted by Crippen LogP contribution is 2.16. The number of esters is 1. The maximum Gasteiger partial charge on any atom is 0.343 e. The van der Waals surface area contributed by atoms with Crippen LogP contribution >= 0.6 is 0 Å². The van der Waals surface area contributed by atoms with Gasteiger partial charge in [-0.1, -0.05) is 12.1 Å². The van der Waals surface area contributed by atoms with Gasteiger partial charge in [0.15, 0.2) is 6.61 Å². The summed E-state index contributed by atoms with van der Waals surface area (Å²) >= 11 is 0. The van der Waals surface area contributed by atoms with E-state index in [9.17, 15) is 9.59 Å². The molecule has 0 aliphatic heterocycles. The topological polar surface area (TPSA) is 86.2 Å². The molecule has 164 valence electrons. The lowest BCUT2D eigenvalue weighted by molar-refractivity contribution is -0.123. The number of nitrogens with one attached hydrogen (secondary N) is 1. The van der Waals surface area contributed by atoms with E-state index in [1.54, 1.807) is 54.6 Å². The second kappa shape index (κ2) is 11.3. The summed E-state index contributed by atoms with van der Waals surface area (Å²) < 4.78 is 16.1. The summed E-state index contributed by atoms with van der Waals surface area (Å²) in [5.41, 5.74) is 4.61. The van der Waals surface area contributed by atoms with Crippen molar-refractivity contribution in [3.63, 3.8) is 0 Å². The van der Waals surface area contributed by atoms with Crippen molar-refractivity contribution in [2.24, 2.45) is 5.10 Å². The molecule has 0 aromatic heterocycles. The third-order valence-electron chi connectivity index (χ3n) is 4.25. The quantitative estimate of drug-likeness (QED) is 0.238. The van der Waals surface area contributed by atoms with E-state index in [0.29, 0.717) is 29.4 Å². The average molecular weight is 432 g/mol. The minimum atomic E-state index is -0.463. The average Bonchev–Trinajstić information content (AvgIpc) is 2.79. The number of hydrogen-bond donors (Lipinski definition) is 1. The number of nitrogens with zero attached hydrogens (tertiary/aromatic N) is 1. The second-order valence-corrected chi connectivity index (χ2v) is 6.81. The molecule has 0 bridgehead atoms. The number of hydrazone groups is 1. The molecule has 3 rings (SSSR count). The molecule has 7 heteroatoms. The normalized spacial score (nSPS) is 10.6. The summed E-state index contributed by atoms with van der Waals surface area (Å²) in [6, 6.07) is 20.9. The summed E-state index contributed by atoms with van der Waals surface area (Å²) in [7, 11) is 0. The lowest BCUT2D eigenvalue weighted by Gasteiger charge is -2.06. The van der Waals surface area contributed by atoms with Crippen LogP contribution < -0.4 is 19.6 Å². The minimum Gasteiger partial charge on any atom is -0.494 e. The van der Waals surface area contributed by atoms with Gasteiger partial charge in [0.05, 0.1) is 18.4 Å². The predicted molar refractivity (Wildman–Crippen MR) is 121 cm³/mol. The number of ether oxygens (including phenoxy) is 3. The zero-order valence-corrected chi connectivity index (χ0v) is 17.9. The lowest BCUT2D eigenvalue weighted by atomic mass is 10.2. The molecule has 0 unspecified atom stereocenters. The summed E-state index contributed by atoms with van der Waals surface area (Å²) in [4.78, 5) is 24.1. The van der Waals surface area contributed by atoms with Crippen molar-refractivity contribution in [1.82, 2.24) is 5.43 Å². The maximum atomic E-state index is 12.2. The van der Waals surface area contributed by atoms with E-state index in [1.165, 1.54) is 6.21 Å². The van der Waals surface area contributed by atoms with E-state index in [4.69, 9.17) is 14.2 Å². The van der Waals surface area contributed by atoms with Crippen molar-refractivity contribution in [3.8, 4) is 17.2 Å². The van der Waals surface area contributed by atoms with Crippen molar-refractivity contribution < 1.29 is 23.8 Å². The van der Waals surface area contributed by atoms with Crippen LogP contribution in [0.4, 0.5) is 0 Å². The molecule has 0 spiro atoms. The van der Waals surface area contributed by atoms with Crippen molar-refractivity contribution in [2.75, 3.05) is 13.2 Å². The molecular weight excluding hydrogens is 408 g/mol. The Morgan fingerprint density at radius 2 is 1.62 bits per heavy atom. The van der Waals surface area contributed by atoms with E-state index in [2.05, 4.69) is 10.5 Å². The van der Waals surface area contributed by atoms with Gasteiger partial charge in [-0.2, -0.15) is 5.10 Å². The Morgan fingerprint density at radius 1 is 0.906 bits per heavy atom. The molecular formula is C25H24N2O5. The first-order valence-corrected chi connectivity index (χ1v) is 10.1. The van der Waals surface area contributed by atoms with Crippen LogP contribution in [0.1, 0.15) is 28.4 Å². The number of amides is 1. The molecule has 3 aromatic rings. The number of hydrogen-bond acceptors (Lipinski definition) is 6. The molecule has 0 atom stereocenters. The summed E-state index contributed by atoms with van der Waals surface area (Å²) in [5.74, 6) is 0.886. The Labute approximate surface area is 186 Å². The van der Waals surface area contributed by atoms with Gasteiger partial charge in [-0.3, -0.25) is 4.79 Å². The molecule has 1 amide bonds. The van der Waals surface area contributed by atoms with Gasteiger partial charge in [0.1, 0.15) is 17.2 Å². The van der Waals surface area contributed by atoms with Gasteiger partial charge in [0, 0.05) is 0 Å². The van der Waals surface area contributed by atoms with Crippen LogP contribution in [0.15, 0.2) is 77.9 Å². The van der Waals surface area contributed by atoms with Crippen LogP contribution in [0.3, 0.4) is 0 Å². The Morgan fingerprint density at radius 3 is 2.31 bits per heavy atom. The molecule has 0 fully saturated rings. The van der Waals surface area contributed by atoms with Crippen LogP contribution in [-0.2, 0) is 4.79 Å². The predicted octanol–water partition coefficient (Wildman–Crippen LogP) is 4.14. The fraction of sp³-hybridized carbons (Fsp3) is 0.160. The molecule has 7 nitrogen and oxygen atoms in total. The number of rotatable bonds is 9. The van der Waals surface area contributed by atoms with E-state index in [-0.39, 0.29) is 12.5 Å². The molecule has 1 N–H and O–H groups in total. The van der Waals surface area contributed by atoms with Gasteiger partial charge in [-0.15, -0.1) is 0 Å². The number of carbonyl (C=O) groups is 2. The second-order valence-electron chi connectivity index (χ2n) is 6.81. The smallest absolute Gasteiger partial charge is 0.343 e. The maximum absolute atomic E-state index is 12.2. The fourth-order valence-corrected chi connectivity index (χ4v) is 2.71. The van der Waals surface area contributed by atoms with Gasteiger partial charge < -0.3 is 14.2 Å². The summed E-state index contributed by atoms with van der Waals surface area (Å²) in [6.45, 7) is 4.26. The number of benzene rings is 3. The SMILES string of the molecule is CCOc1ccc(C(=O)Oc2ccc(/C=N\NC(=O)COc3cccc(C)c3)cc2)cc1. The monoisotopic (exact) mass is 432 g/mol. The third kappa shape index (κ3) is 6.98. The molecule has 0 saturated heterocycles. The van der Waals surface area contributed by atoms with Crippen molar-refractivity contribution in [3.05, 3.63) is 89.5 Å². The third-order valence-corrected chi connectivity index (χ3v) is 4.25. The first kappa shape index (κ1) is 22.6. The van der Waals surface area contributed by atoms with Gasteiger partial charge in [-0.05, 0) is 85.6 Å². The van der Waals surface area contributed by atoms with Crippen molar-refractivity contribution >= 4 is 18.1 Å². The summed E-state index contributed by atoms with van der Waals surface area (Å²) in [6.07, 6.45) is 1.49. The van der Waals surface area contributed by atoms with E-state index in [1.807, 2.05) is 32.0 Å². The number of carbonyl (C=O) groups excluding carboxylic acids is 2. The summed E-state index contributed by atoms with van der Waals surface area (Å²) in [5, 5.41) is 3.91. The highest BCUT2D eigenvalue weighted by molar-refractivity contribution is 5.91. The van der Waals surface area contributed by atoms with E-state index < -0.39 is 5.97 Å². The Bertz CT molecular complexity index is 1080. The lowest BCUT2D eigenvalue weighted by Crippen LogP contribution is -2.24. The highest BCUT2D eigenvalue weighted by atomic mass is 16.5. The van der Waals surface area contributed by atoms with Gasteiger partial charge in [0.2, 0.25) is 0 Å². The minimum absolute atomic E-state index is 0.138. The largest absolute Gasteiger partial charge is 0.494 e. The fourth-order valence-electron chi connectivity index (χ4n) is 2.71. The Kier molecular flexibility index (Phi) is 7.97. The Hall–Kier alpha value is -4.13. The molecule has 0 radical (unpaired) electrons. The van der Waals surface area contributed by atoms with Gasteiger partial charge in [-0.25, -0.2) is 10.2 Å². The van der Waals surface area contributed by atoms with E-state index >= 15 is 0 Å². The zero-order chi connectivity index (χ0) is 22.8. The first-order valence-electron chi connectivity index (χ1n) is 10.1. The molecule has 0 heterocycles. The number of aryl methyl sites for hydroxylation is 1. The van der Waals surface area contributed by atoms with Crippen LogP contribution in [0.25, 0.3) is 0 Å². The molecule has 0 aliphatic carbocycles. The van der Waals surface area contributed by atoms with Crippen LogP contribution in [0, 0.1) is 6.92 Å². The molecule has 0 aliphatic rings. The van der Waals surface area contributed by atoms with Crippen LogP contribution in [0.5, 0.6) is 17.2 Å². The van der Waals surface area contributed by atoms with Gasteiger partial charge in [0.25, 0.3) is 5.91 Å². The molecule has 0 saturated carbocycles. The standard InChI is InChI=1S/C25H24N2O5/c1-3-30-21-13-9-20(10-14-21)25(29)32-22-11-7-19(8-12-22)16-26-27-24(28)17-31-23-6-4-5-18(2)15-23/h4-16H,3,17H2,1-2H3,(H,27,28)/b26-16-.